The lowest BCUT2D eigenvalue weighted by molar-refractivity contribution is -0.276. The normalized spacial score (nSPS) is 11.3. The maximum Gasteiger partial charge on any atom is 0.574 e. The third-order valence-electron chi connectivity index (χ3n) is 1.63. The molecule has 0 aromatic carbocycles. The van der Waals surface area contributed by atoms with Crippen LogP contribution in [0, 0.1) is 0 Å². The number of aromatic nitrogens is 1. The minimum Gasteiger partial charge on any atom is -0.506 e. The molecular formula is C8H7BrF3NO3. The van der Waals surface area contributed by atoms with Gasteiger partial charge in [-0.3, -0.25) is 0 Å². The van der Waals surface area contributed by atoms with Crippen molar-refractivity contribution in [2.75, 3.05) is 7.11 Å². The number of pyridine rings is 1. The van der Waals surface area contributed by atoms with Crippen molar-refractivity contribution in [2.45, 2.75) is 11.7 Å². The van der Waals surface area contributed by atoms with Gasteiger partial charge in [0.25, 0.3) is 5.88 Å². The van der Waals surface area contributed by atoms with Crippen molar-refractivity contribution < 1.29 is 27.8 Å². The van der Waals surface area contributed by atoms with Gasteiger partial charge in [0.05, 0.1) is 18.9 Å². The summed E-state index contributed by atoms with van der Waals surface area (Å²) in [7, 11) is 1.16. The molecule has 0 radical (unpaired) electrons. The predicted octanol–water partition coefficient (Wildman–Crippen LogP) is 2.59. The summed E-state index contributed by atoms with van der Waals surface area (Å²) in [5.74, 6) is -1.26. The Kier molecular flexibility index (Phi) is 3.84. The minimum absolute atomic E-state index is 0.110. The Labute approximate surface area is 97.1 Å². The maximum absolute atomic E-state index is 12.0. The Morgan fingerprint density at radius 3 is 2.56 bits per heavy atom. The molecule has 1 heterocycles. The SMILES string of the molecule is COc1c(OC(F)(F)F)ncc(O)c1CBr. The van der Waals surface area contributed by atoms with E-state index in [1.54, 1.807) is 0 Å². The molecule has 1 rings (SSSR count). The molecule has 1 aromatic heterocycles. The summed E-state index contributed by atoms with van der Waals surface area (Å²) < 4.78 is 44.4. The summed E-state index contributed by atoms with van der Waals surface area (Å²) in [6, 6.07) is 0. The van der Waals surface area contributed by atoms with Crippen LogP contribution in [0.15, 0.2) is 6.20 Å². The number of hydrogen-bond acceptors (Lipinski definition) is 4. The molecule has 0 amide bonds. The maximum atomic E-state index is 12.0. The van der Waals surface area contributed by atoms with E-state index in [9.17, 15) is 18.3 Å². The number of methoxy groups -OCH3 is 1. The molecule has 0 fully saturated rings. The highest BCUT2D eigenvalue weighted by molar-refractivity contribution is 9.08. The zero-order valence-corrected chi connectivity index (χ0v) is 9.59. The standard InChI is InChI=1S/C8H7BrF3NO3/c1-15-6-4(2-9)5(14)3-13-7(6)16-8(10,11)12/h3,14H,2H2,1H3. The molecule has 4 nitrogen and oxygen atoms in total. The van der Waals surface area contributed by atoms with Gasteiger partial charge in [0, 0.05) is 5.33 Å². The van der Waals surface area contributed by atoms with Crippen LogP contribution in [-0.2, 0) is 5.33 Å². The van der Waals surface area contributed by atoms with Crippen molar-refractivity contribution in [2.24, 2.45) is 0 Å². The molecule has 0 saturated heterocycles. The number of alkyl halides is 4. The molecule has 0 saturated carbocycles. The van der Waals surface area contributed by atoms with Gasteiger partial charge in [-0.25, -0.2) is 4.98 Å². The molecule has 8 heteroatoms. The number of nitrogens with zero attached hydrogens (tertiary/aromatic N) is 1. The van der Waals surface area contributed by atoms with E-state index in [1.165, 1.54) is 0 Å². The second kappa shape index (κ2) is 4.77. The van der Waals surface area contributed by atoms with Crippen LogP contribution < -0.4 is 9.47 Å². The zero-order valence-electron chi connectivity index (χ0n) is 8.01. The summed E-state index contributed by atoms with van der Waals surface area (Å²) >= 11 is 3.01. The van der Waals surface area contributed by atoms with E-state index < -0.39 is 12.2 Å². The van der Waals surface area contributed by atoms with Gasteiger partial charge in [-0.05, 0) is 0 Å². The molecule has 1 aromatic rings. The van der Waals surface area contributed by atoms with E-state index in [0.29, 0.717) is 0 Å². The van der Waals surface area contributed by atoms with Gasteiger partial charge in [-0.1, -0.05) is 15.9 Å². The average Bonchev–Trinajstić information content (AvgIpc) is 2.18. The fourth-order valence-corrected chi connectivity index (χ4v) is 1.57. The van der Waals surface area contributed by atoms with E-state index in [-0.39, 0.29) is 22.4 Å². The van der Waals surface area contributed by atoms with E-state index >= 15 is 0 Å². The van der Waals surface area contributed by atoms with Crippen molar-refractivity contribution in [1.29, 1.82) is 0 Å². The Balaban J connectivity index is 3.19. The molecule has 0 aliphatic rings. The van der Waals surface area contributed by atoms with Crippen LogP contribution in [0.5, 0.6) is 17.4 Å². The van der Waals surface area contributed by atoms with Gasteiger partial charge in [-0.15, -0.1) is 13.2 Å². The molecule has 0 atom stereocenters. The highest BCUT2D eigenvalue weighted by Crippen LogP contribution is 2.38. The lowest BCUT2D eigenvalue weighted by Gasteiger charge is -2.14. The molecule has 1 N–H and O–H groups in total. The number of halogens is 4. The smallest absolute Gasteiger partial charge is 0.506 e. The van der Waals surface area contributed by atoms with Gasteiger partial charge in [0.1, 0.15) is 5.75 Å². The summed E-state index contributed by atoms with van der Waals surface area (Å²) in [5, 5.41) is 9.45. The third kappa shape index (κ3) is 2.91. The molecule has 16 heavy (non-hydrogen) atoms. The average molecular weight is 302 g/mol. The van der Waals surface area contributed by atoms with Crippen LogP contribution in [0.4, 0.5) is 13.2 Å². The Morgan fingerprint density at radius 1 is 1.50 bits per heavy atom. The van der Waals surface area contributed by atoms with Crippen LogP contribution >= 0.6 is 15.9 Å². The molecule has 0 aliphatic carbocycles. The predicted molar refractivity (Wildman–Crippen MR) is 51.8 cm³/mol. The minimum atomic E-state index is -4.86. The third-order valence-corrected chi connectivity index (χ3v) is 2.19. The quantitative estimate of drug-likeness (QED) is 0.872. The van der Waals surface area contributed by atoms with Crippen molar-refractivity contribution in [3.8, 4) is 17.4 Å². The van der Waals surface area contributed by atoms with Crippen molar-refractivity contribution >= 4 is 15.9 Å². The second-order valence-corrected chi connectivity index (χ2v) is 3.20. The van der Waals surface area contributed by atoms with E-state index in [4.69, 9.17) is 4.74 Å². The monoisotopic (exact) mass is 301 g/mol. The second-order valence-electron chi connectivity index (χ2n) is 2.64. The number of aromatic hydroxyl groups is 1. The van der Waals surface area contributed by atoms with E-state index in [1.807, 2.05) is 0 Å². The fraction of sp³-hybridized carbons (Fsp3) is 0.375. The molecule has 0 aliphatic heterocycles. The first-order valence-corrected chi connectivity index (χ1v) is 5.07. The summed E-state index contributed by atoms with van der Waals surface area (Å²) in [4.78, 5) is 3.30. The van der Waals surface area contributed by atoms with Gasteiger partial charge in [-0.2, -0.15) is 0 Å². The van der Waals surface area contributed by atoms with Gasteiger partial charge >= 0.3 is 6.36 Å². The molecule has 0 spiro atoms. The van der Waals surface area contributed by atoms with Crippen LogP contribution in [0.25, 0.3) is 0 Å². The number of hydrogen-bond donors (Lipinski definition) is 1. The first-order valence-electron chi connectivity index (χ1n) is 3.95. The first-order chi connectivity index (χ1) is 7.39. The molecule has 0 bridgehead atoms. The van der Waals surface area contributed by atoms with E-state index in [2.05, 4.69) is 25.7 Å². The lowest BCUT2D eigenvalue weighted by Crippen LogP contribution is -2.18. The fourth-order valence-electron chi connectivity index (χ4n) is 1.02. The van der Waals surface area contributed by atoms with Gasteiger partial charge < -0.3 is 14.6 Å². The van der Waals surface area contributed by atoms with E-state index in [0.717, 1.165) is 13.3 Å². The van der Waals surface area contributed by atoms with Gasteiger partial charge in [0.2, 0.25) is 0 Å². The molecular weight excluding hydrogens is 295 g/mol. The lowest BCUT2D eigenvalue weighted by atomic mass is 10.2. The van der Waals surface area contributed by atoms with Crippen molar-refractivity contribution in [3.63, 3.8) is 0 Å². The van der Waals surface area contributed by atoms with Crippen LogP contribution in [0.3, 0.4) is 0 Å². The highest BCUT2D eigenvalue weighted by atomic mass is 79.9. The van der Waals surface area contributed by atoms with Crippen molar-refractivity contribution in [3.05, 3.63) is 11.8 Å². The van der Waals surface area contributed by atoms with Gasteiger partial charge in [0.15, 0.2) is 5.75 Å². The zero-order chi connectivity index (χ0) is 12.3. The largest absolute Gasteiger partial charge is 0.574 e. The number of ether oxygens (including phenoxy) is 2. The van der Waals surface area contributed by atoms with Crippen LogP contribution in [0.2, 0.25) is 0 Å². The first kappa shape index (κ1) is 12.9. The number of rotatable bonds is 3. The Morgan fingerprint density at radius 2 is 2.12 bits per heavy atom. The summed E-state index contributed by atoms with van der Waals surface area (Å²) in [6.45, 7) is 0. The van der Waals surface area contributed by atoms with Crippen LogP contribution in [0.1, 0.15) is 5.56 Å². The summed E-state index contributed by atoms with van der Waals surface area (Å²) in [6.07, 6.45) is -4.00. The Hall–Kier alpha value is -1.18. The van der Waals surface area contributed by atoms with Crippen LogP contribution in [-0.4, -0.2) is 23.6 Å². The topological polar surface area (TPSA) is 51.6 Å². The van der Waals surface area contributed by atoms with Crippen molar-refractivity contribution in [1.82, 2.24) is 4.98 Å². The Bertz CT molecular complexity index is 384. The summed E-state index contributed by atoms with van der Waals surface area (Å²) in [5.41, 5.74) is 0.136. The molecule has 0 unspecified atom stereocenters. The molecule has 90 valence electrons. The highest BCUT2D eigenvalue weighted by Gasteiger charge is 2.34.